The van der Waals surface area contributed by atoms with Crippen molar-refractivity contribution in [3.05, 3.63) is 95.6 Å². The highest BCUT2D eigenvalue weighted by Crippen LogP contribution is 2.36. The van der Waals surface area contributed by atoms with Gasteiger partial charge in [0.2, 0.25) is 0 Å². The van der Waals surface area contributed by atoms with Gasteiger partial charge in [0.05, 0.1) is 5.69 Å². The monoisotopic (exact) mass is 468 g/mol. The van der Waals surface area contributed by atoms with Gasteiger partial charge in [0.15, 0.2) is 0 Å². The summed E-state index contributed by atoms with van der Waals surface area (Å²) >= 11 is -0.953. The first-order chi connectivity index (χ1) is 15.4. The maximum absolute atomic E-state index is 13.3. The molecule has 0 aliphatic heterocycles. The van der Waals surface area contributed by atoms with Gasteiger partial charge in [0, 0.05) is 16.1 Å². The number of halogens is 1. The van der Waals surface area contributed by atoms with Gasteiger partial charge in [-0.2, -0.15) is 0 Å². The number of amides is 1. The van der Waals surface area contributed by atoms with Gasteiger partial charge >= 0.3 is 0 Å². The number of aromatic hydroxyl groups is 1. The van der Waals surface area contributed by atoms with Crippen LogP contribution in [0.15, 0.2) is 84.2 Å². The van der Waals surface area contributed by atoms with Crippen molar-refractivity contribution in [2.45, 2.75) is 0 Å². The van der Waals surface area contributed by atoms with Crippen LogP contribution in [0.3, 0.4) is 0 Å². The number of phenols is 1. The number of rotatable bonds is 6. The van der Waals surface area contributed by atoms with Crippen molar-refractivity contribution >= 4 is 45.6 Å². The Labute approximate surface area is 190 Å². The summed E-state index contributed by atoms with van der Waals surface area (Å²) in [4.78, 5) is 13.8. The number of hydrogen-bond donors (Lipinski definition) is 3. The predicted octanol–water partition coefficient (Wildman–Crippen LogP) is 5.79. The zero-order chi connectivity index (χ0) is 22.7. The molecular weight excluding hydrogens is 451 g/mol. The van der Waals surface area contributed by atoms with Gasteiger partial charge in [0.25, 0.3) is 17.2 Å². The Bertz CT molecular complexity index is 1260. The summed E-state index contributed by atoms with van der Waals surface area (Å²) in [5.41, 5.74) is 1.91. The Morgan fingerprint density at radius 1 is 1.00 bits per heavy atom. The summed E-state index contributed by atoms with van der Waals surface area (Å²) in [7, 11) is 0. The van der Waals surface area contributed by atoms with E-state index in [1.54, 1.807) is 23.5 Å². The maximum atomic E-state index is 13.3. The number of anilines is 3. The minimum Gasteiger partial charge on any atom is -0.506 e. The van der Waals surface area contributed by atoms with E-state index in [0.29, 0.717) is 11.3 Å². The molecule has 162 valence electrons. The molecule has 0 aliphatic carbocycles. The third-order valence-electron chi connectivity index (χ3n) is 4.62. The molecule has 0 aliphatic rings. The van der Waals surface area contributed by atoms with Gasteiger partial charge in [-0.05, 0) is 71.6 Å². The van der Waals surface area contributed by atoms with Gasteiger partial charge < -0.3 is 10.4 Å². The standard InChI is InChI=1S/C23H17FN2O4S2/c24-17-7-10-19(11-8-17)26(32(29)30)20-14-18(9-12-21(20)27)25-23(28)16-5-3-15(4-6-16)22-2-1-13-31-22/h1-14,27H,(H,25,28)(H,29,30). The minimum atomic E-state index is -2.56. The smallest absolute Gasteiger partial charge is 0.266 e. The van der Waals surface area contributed by atoms with E-state index in [0.717, 1.165) is 26.9 Å². The Balaban J connectivity index is 1.58. The van der Waals surface area contributed by atoms with Crippen molar-refractivity contribution in [2.75, 3.05) is 9.62 Å². The normalized spacial score (nSPS) is 11.7. The highest BCUT2D eigenvalue weighted by atomic mass is 32.2. The van der Waals surface area contributed by atoms with E-state index in [4.69, 9.17) is 0 Å². The first kappa shape index (κ1) is 21.7. The van der Waals surface area contributed by atoms with Crippen LogP contribution in [-0.4, -0.2) is 19.8 Å². The molecule has 4 rings (SSSR count). The molecule has 4 aromatic rings. The van der Waals surface area contributed by atoms with Crippen molar-refractivity contribution in [3.8, 4) is 16.2 Å². The Hall–Kier alpha value is -3.53. The van der Waals surface area contributed by atoms with E-state index in [2.05, 4.69) is 5.32 Å². The Morgan fingerprint density at radius 3 is 2.34 bits per heavy atom. The number of hydrogen-bond acceptors (Lipinski definition) is 4. The Kier molecular flexibility index (Phi) is 6.31. The quantitative estimate of drug-likeness (QED) is 0.247. The summed E-state index contributed by atoms with van der Waals surface area (Å²) in [5.74, 6) is -1.17. The number of nitrogens with one attached hydrogen (secondary N) is 1. The second kappa shape index (κ2) is 9.31. The minimum absolute atomic E-state index is 0.0247. The summed E-state index contributed by atoms with van der Waals surface area (Å²) < 4.78 is 35.9. The topological polar surface area (TPSA) is 89.9 Å². The lowest BCUT2D eigenvalue weighted by molar-refractivity contribution is 0.102. The third-order valence-corrected chi connectivity index (χ3v) is 6.26. The van der Waals surface area contributed by atoms with Crippen molar-refractivity contribution in [2.24, 2.45) is 0 Å². The van der Waals surface area contributed by atoms with Crippen LogP contribution < -0.4 is 9.62 Å². The molecule has 0 bridgehead atoms. The van der Waals surface area contributed by atoms with Gasteiger partial charge in [-0.1, -0.05) is 18.2 Å². The molecule has 1 amide bonds. The molecule has 0 fully saturated rings. The van der Waals surface area contributed by atoms with Crippen LogP contribution in [0.5, 0.6) is 5.75 Å². The SMILES string of the molecule is O=C(Nc1ccc(O)c(N(c2ccc(F)cc2)S(=O)O)c1)c1ccc(-c2cccs2)cc1. The van der Waals surface area contributed by atoms with Crippen LogP contribution >= 0.6 is 11.3 Å². The molecule has 1 heterocycles. The molecule has 1 aromatic heterocycles. The lowest BCUT2D eigenvalue weighted by Crippen LogP contribution is -2.20. The number of carbonyl (C=O) groups is 1. The van der Waals surface area contributed by atoms with Crippen molar-refractivity contribution in [3.63, 3.8) is 0 Å². The lowest BCUT2D eigenvalue weighted by atomic mass is 10.1. The predicted molar refractivity (Wildman–Crippen MR) is 125 cm³/mol. The number of phenolic OH excluding ortho intramolecular Hbond substituents is 1. The van der Waals surface area contributed by atoms with Crippen LogP contribution in [0.25, 0.3) is 10.4 Å². The molecule has 0 saturated heterocycles. The number of benzene rings is 3. The van der Waals surface area contributed by atoms with Crippen LogP contribution in [0.1, 0.15) is 10.4 Å². The number of carbonyl (C=O) groups excluding carboxylic acids is 1. The fraction of sp³-hybridized carbons (Fsp3) is 0. The third kappa shape index (κ3) is 4.70. The number of thiophene rings is 1. The molecule has 9 heteroatoms. The summed E-state index contributed by atoms with van der Waals surface area (Å²) in [6.07, 6.45) is 0. The zero-order valence-corrected chi connectivity index (χ0v) is 18.1. The number of nitrogens with zero attached hydrogens (tertiary/aromatic N) is 1. The lowest BCUT2D eigenvalue weighted by Gasteiger charge is -2.21. The summed E-state index contributed by atoms with van der Waals surface area (Å²) in [6, 6.07) is 20.1. The molecule has 0 spiro atoms. The first-order valence-electron chi connectivity index (χ1n) is 9.37. The van der Waals surface area contributed by atoms with E-state index in [1.165, 1.54) is 30.3 Å². The van der Waals surface area contributed by atoms with Crippen molar-refractivity contribution in [1.29, 1.82) is 0 Å². The van der Waals surface area contributed by atoms with Crippen LogP contribution in [0.4, 0.5) is 21.5 Å². The molecule has 1 unspecified atom stereocenters. The van der Waals surface area contributed by atoms with Crippen molar-refractivity contribution < 1.29 is 23.1 Å². The summed E-state index contributed by atoms with van der Waals surface area (Å²) in [5, 5.41) is 15.0. The van der Waals surface area contributed by atoms with E-state index in [-0.39, 0.29) is 23.0 Å². The summed E-state index contributed by atoms with van der Waals surface area (Å²) in [6.45, 7) is 0. The fourth-order valence-electron chi connectivity index (χ4n) is 3.09. The van der Waals surface area contributed by atoms with Gasteiger partial charge in [-0.3, -0.25) is 9.35 Å². The second-order valence-electron chi connectivity index (χ2n) is 6.71. The molecule has 32 heavy (non-hydrogen) atoms. The molecular formula is C23H17FN2O4S2. The molecule has 0 saturated carbocycles. The average molecular weight is 469 g/mol. The highest BCUT2D eigenvalue weighted by molar-refractivity contribution is 7.81. The zero-order valence-electron chi connectivity index (χ0n) is 16.4. The Morgan fingerprint density at radius 2 is 1.72 bits per heavy atom. The molecule has 3 N–H and O–H groups in total. The van der Waals surface area contributed by atoms with Crippen LogP contribution in [-0.2, 0) is 11.3 Å². The van der Waals surface area contributed by atoms with Crippen LogP contribution in [0.2, 0.25) is 0 Å². The first-order valence-corrected chi connectivity index (χ1v) is 11.3. The fourth-order valence-corrected chi connectivity index (χ4v) is 4.44. The van der Waals surface area contributed by atoms with Gasteiger partial charge in [-0.15, -0.1) is 11.3 Å². The van der Waals surface area contributed by atoms with E-state index < -0.39 is 17.1 Å². The van der Waals surface area contributed by atoms with Crippen molar-refractivity contribution in [1.82, 2.24) is 0 Å². The maximum Gasteiger partial charge on any atom is 0.266 e. The largest absolute Gasteiger partial charge is 0.506 e. The highest BCUT2D eigenvalue weighted by Gasteiger charge is 2.20. The van der Waals surface area contributed by atoms with E-state index in [9.17, 15) is 23.1 Å². The molecule has 1 atom stereocenters. The molecule has 3 aromatic carbocycles. The molecule has 6 nitrogen and oxygen atoms in total. The van der Waals surface area contributed by atoms with E-state index in [1.807, 2.05) is 29.6 Å². The second-order valence-corrected chi connectivity index (χ2v) is 8.49. The average Bonchev–Trinajstić information content (AvgIpc) is 3.32. The van der Waals surface area contributed by atoms with E-state index >= 15 is 0 Å². The van der Waals surface area contributed by atoms with Gasteiger partial charge in [-0.25, -0.2) is 12.9 Å². The molecule has 0 radical (unpaired) electrons. The van der Waals surface area contributed by atoms with Crippen LogP contribution in [0, 0.1) is 5.82 Å². The van der Waals surface area contributed by atoms with Gasteiger partial charge in [0.1, 0.15) is 17.3 Å².